The average Bonchev–Trinajstić information content (AvgIpc) is 2.82. The van der Waals surface area contributed by atoms with Crippen molar-refractivity contribution in [1.29, 1.82) is 0 Å². The lowest BCUT2D eigenvalue weighted by atomic mass is 9.91. The molecule has 194 valence electrons. The van der Waals surface area contributed by atoms with E-state index in [-0.39, 0.29) is 24.0 Å². The van der Waals surface area contributed by atoms with E-state index >= 15 is 0 Å². The molecule has 3 aromatic carbocycles. The zero-order valence-corrected chi connectivity index (χ0v) is 21.8. The summed E-state index contributed by atoms with van der Waals surface area (Å²) < 4.78 is 27.4. The number of hydrogen-bond donors (Lipinski definition) is 3. The van der Waals surface area contributed by atoms with Crippen molar-refractivity contribution in [3.63, 3.8) is 0 Å². The highest BCUT2D eigenvalue weighted by atomic mass is 19.1. The molecule has 3 rings (SSSR count). The Hall–Kier alpha value is -3.09. The van der Waals surface area contributed by atoms with Crippen LogP contribution < -0.4 is 16.8 Å². The highest BCUT2D eigenvalue weighted by Crippen LogP contribution is 2.28. The SMILES string of the molecule is CCC(C)c1ccc(-c2ccccc2)c(CNC[C@@H](C)[C@H](Cc2cc(F)cc(F)c2)NC(C)=O)c1.N. The van der Waals surface area contributed by atoms with Crippen LogP contribution in [0.2, 0.25) is 0 Å². The average molecular weight is 496 g/mol. The molecule has 0 radical (unpaired) electrons. The van der Waals surface area contributed by atoms with Gasteiger partial charge in [0.25, 0.3) is 0 Å². The van der Waals surface area contributed by atoms with Gasteiger partial charge in [-0.3, -0.25) is 4.79 Å². The highest BCUT2D eigenvalue weighted by molar-refractivity contribution is 5.73. The van der Waals surface area contributed by atoms with Gasteiger partial charge in [0.05, 0.1) is 0 Å². The lowest BCUT2D eigenvalue weighted by molar-refractivity contribution is -0.120. The monoisotopic (exact) mass is 495 g/mol. The van der Waals surface area contributed by atoms with Gasteiger partial charge < -0.3 is 16.8 Å². The lowest BCUT2D eigenvalue weighted by Gasteiger charge is -2.26. The minimum absolute atomic E-state index is 0. The normalized spacial score (nSPS) is 13.4. The van der Waals surface area contributed by atoms with E-state index in [2.05, 4.69) is 54.8 Å². The van der Waals surface area contributed by atoms with E-state index in [0.717, 1.165) is 12.5 Å². The molecule has 5 N–H and O–H groups in total. The molecule has 0 saturated heterocycles. The van der Waals surface area contributed by atoms with Gasteiger partial charge >= 0.3 is 0 Å². The van der Waals surface area contributed by atoms with Crippen molar-refractivity contribution in [3.8, 4) is 11.1 Å². The first-order chi connectivity index (χ1) is 16.8. The summed E-state index contributed by atoms with van der Waals surface area (Å²) in [6.07, 6.45) is 1.43. The Labute approximate surface area is 214 Å². The van der Waals surface area contributed by atoms with Gasteiger partial charge in [0, 0.05) is 25.6 Å². The first kappa shape index (κ1) is 29.1. The second kappa shape index (κ2) is 13.9. The number of nitrogens with one attached hydrogen (secondary N) is 2. The lowest BCUT2D eigenvalue weighted by Crippen LogP contribution is -2.43. The van der Waals surface area contributed by atoms with Crippen LogP contribution in [0.3, 0.4) is 0 Å². The summed E-state index contributed by atoms with van der Waals surface area (Å²) in [5, 5.41) is 6.52. The quantitative estimate of drug-likeness (QED) is 0.274. The van der Waals surface area contributed by atoms with E-state index in [1.54, 1.807) is 0 Å². The van der Waals surface area contributed by atoms with Crippen LogP contribution >= 0.6 is 0 Å². The first-order valence-electron chi connectivity index (χ1n) is 12.4. The zero-order valence-electron chi connectivity index (χ0n) is 21.8. The number of carbonyl (C=O) groups excluding carboxylic acids is 1. The molecule has 0 saturated carbocycles. The van der Waals surface area contributed by atoms with Crippen LogP contribution in [0.5, 0.6) is 0 Å². The van der Waals surface area contributed by atoms with Crippen LogP contribution in [-0.2, 0) is 17.8 Å². The fourth-order valence-electron chi connectivity index (χ4n) is 4.42. The van der Waals surface area contributed by atoms with E-state index in [1.165, 1.54) is 41.3 Å². The van der Waals surface area contributed by atoms with E-state index in [9.17, 15) is 13.6 Å². The summed E-state index contributed by atoms with van der Waals surface area (Å²) in [6.45, 7) is 9.26. The molecule has 0 aromatic heterocycles. The van der Waals surface area contributed by atoms with Gasteiger partial charge in [-0.2, -0.15) is 0 Å². The molecule has 1 unspecified atom stereocenters. The number of hydrogen-bond acceptors (Lipinski definition) is 3. The third kappa shape index (κ3) is 8.25. The molecule has 3 aromatic rings. The van der Waals surface area contributed by atoms with Crippen LogP contribution in [0.4, 0.5) is 8.78 Å². The molecular weight excluding hydrogens is 456 g/mol. The Bertz CT molecular complexity index is 1100. The molecule has 0 heterocycles. The fourth-order valence-corrected chi connectivity index (χ4v) is 4.42. The van der Waals surface area contributed by atoms with Gasteiger partial charge in [0.15, 0.2) is 0 Å². The summed E-state index contributed by atoms with van der Waals surface area (Å²) in [5.74, 6) is -0.855. The molecule has 4 nitrogen and oxygen atoms in total. The third-order valence-electron chi connectivity index (χ3n) is 6.63. The van der Waals surface area contributed by atoms with Crippen LogP contribution in [0, 0.1) is 17.6 Å². The maximum atomic E-state index is 13.7. The Balaban J connectivity index is 0.00000456. The molecule has 0 bridgehead atoms. The Morgan fingerprint density at radius 1 is 0.944 bits per heavy atom. The molecule has 6 heteroatoms. The van der Waals surface area contributed by atoms with E-state index in [0.29, 0.717) is 31.0 Å². The highest BCUT2D eigenvalue weighted by Gasteiger charge is 2.20. The first-order valence-corrected chi connectivity index (χ1v) is 12.4. The molecule has 36 heavy (non-hydrogen) atoms. The molecule has 0 fully saturated rings. The Morgan fingerprint density at radius 2 is 1.61 bits per heavy atom. The number of halogens is 2. The summed E-state index contributed by atoms with van der Waals surface area (Å²) >= 11 is 0. The minimum Gasteiger partial charge on any atom is -0.353 e. The second-order valence-electron chi connectivity index (χ2n) is 9.49. The van der Waals surface area contributed by atoms with Crippen molar-refractivity contribution in [2.24, 2.45) is 5.92 Å². The standard InChI is InChI=1S/C30H36F2N2O.H3N/c1-5-20(2)25-11-12-29(24-9-7-6-8-10-24)26(16-25)19-33-18-21(3)30(34-22(4)35)15-23-13-27(31)17-28(32)14-23;/h6-14,16-17,20-21,30,33H,5,15,18-19H2,1-4H3,(H,34,35);1H3/t20?,21-,30+;/m1./s1. The topological polar surface area (TPSA) is 76.1 Å². The summed E-state index contributed by atoms with van der Waals surface area (Å²) in [7, 11) is 0. The fraction of sp³-hybridized carbons (Fsp3) is 0.367. The van der Waals surface area contributed by atoms with Gasteiger partial charge in [0.1, 0.15) is 11.6 Å². The van der Waals surface area contributed by atoms with Gasteiger partial charge in [0.2, 0.25) is 5.91 Å². The molecule has 0 aliphatic heterocycles. The van der Waals surface area contributed by atoms with Crippen molar-refractivity contribution >= 4 is 5.91 Å². The number of benzene rings is 3. The van der Waals surface area contributed by atoms with E-state index < -0.39 is 11.6 Å². The van der Waals surface area contributed by atoms with Gasteiger partial charge in [-0.05, 0) is 71.2 Å². The van der Waals surface area contributed by atoms with Crippen molar-refractivity contribution in [2.45, 2.75) is 59.0 Å². The number of rotatable bonds is 11. The third-order valence-corrected chi connectivity index (χ3v) is 6.63. The van der Waals surface area contributed by atoms with Gasteiger partial charge in [-0.1, -0.05) is 69.3 Å². The second-order valence-corrected chi connectivity index (χ2v) is 9.49. The van der Waals surface area contributed by atoms with E-state index in [4.69, 9.17) is 0 Å². The van der Waals surface area contributed by atoms with Gasteiger partial charge in [-0.15, -0.1) is 0 Å². The predicted octanol–water partition coefficient (Wildman–Crippen LogP) is 6.78. The van der Waals surface area contributed by atoms with Crippen molar-refractivity contribution < 1.29 is 13.6 Å². The minimum atomic E-state index is -0.609. The van der Waals surface area contributed by atoms with Crippen molar-refractivity contribution in [2.75, 3.05) is 6.54 Å². The predicted molar refractivity (Wildman–Crippen MR) is 144 cm³/mol. The maximum absolute atomic E-state index is 13.7. The summed E-state index contributed by atoms with van der Waals surface area (Å²) in [5.41, 5.74) is 5.45. The zero-order chi connectivity index (χ0) is 25.4. The van der Waals surface area contributed by atoms with E-state index in [1.807, 2.05) is 25.1 Å². The van der Waals surface area contributed by atoms with Crippen LogP contribution in [0.1, 0.15) is 56.7 Å². The largest absolute Gasteiger partial charge is 0.353 e. The maximum Gasteiger partial charge on any atom is 0.217 e. The summed E-state index contributed by atoms with van der Waals surface area (Å²) in [6, 6.07) is 20.3. The number of amides is 1. The Kier molecular flexibility index (Phi) is 11.2. The summed E-state index contributed by atoms with van der Waals surface area (Å²) in [4.78, 5) is 11.8. The smallest absolute Gasteiger partial charge is 0.217 e. The molecule has 0 aliphatic rings. The van der Waals surface area contributed by atoms with Crippen LogP contribution in [0.15, 0.2) is 66.7 Å². The molecule has 1 amide bonds. The number of carbonyl (C=O) groups is 1. The molecule has 3 atom stereocenters. The van der Waals surface area contributed by atoms with Crippen LogP contribution in [0.25, 0.3) is 11.1 Å². The molecule has 0 spiro atoms. The molecular formula is C30H39F2N3O. The Morgan fingerprint density at radius 3 is 2.22 bits per heavy atom. The van der Waals surface area contributed by atoms with Crippen molar-refractivity contribution in [1.82, 2.24) is 16.8 Å². The van der Waals surface area contributed by atoms with Crippen molar-refractivity contribution in [3.05, 3.63) is 95.1 Å². The molecule has 0 aliphatic carbocycles. The van der Waals surface area contributed by atoms with Gasteiger partial charge in [-0.25, -0.2) is 8.78 Å². The van der Waals surface area contributed by atoms with Crippen LogP contribution in [-0.4, -0.2) is 18.5 Å².